The van der Waals surface area contributed by atoms with E-state index in [0.29, 0.717) is 23.0 Å². The van der Waals surface area contributed by atoms with Crippen molar-refractivity contribution in [2.24, 2.45) is 0 Å². The van der Waals surface area contributed by atoms with Crippen LogP contribution in [-0.2, 0) is 11.3 Å². The van der Waals surface area contributed by atoms with Gasteiger partial charge < -0.3 is 14.6 Å². The third kappa shape index (κ3) is 3.20. The topological polar surface area (TPSA) is 63.6 Å². The third-order valence-corrected chi connectivity index (χ3v) is 3.91. The molecular formula is C17H23N2O3+. The number of ether oxygens (including phenoxy) is 1. The van der Waals surface area contributed by atoms with Gasteiger partial charge in [0.15, 0.2) is 5.43 Å². The van der Waals surface area contributed by atoms with E-state index in [1.807, 2.05) is 12.1 Å². The highest BCUT2D eigenvalue weighted by molar-refractivity contribution is 5.92. The number of aromatic nitrogens is 1. The fourth-order valence-electron chi connectivity index (χ4n) is 2.57. The first-order valence-electron chi connectivity index (χ1n) is 7.76. The minimum Gasteiger partial charge on any atom is -0.461 e. The fraction of sp³-hybridized carbons (Fsp3) is 0.412. The van der Waals surface area contributed by atoms with Gasteiger partial charge in [-0.2, -0.15) is 0 Å². The average molecular weight is 303 g/mol. The number of H-pyrrole nitrogens is 1. The van der Waals surface area contributed by atoms with Gasteiger partial charge in [-0.15, -0.1) is 0 Å². The van der Waals surface area contributed by atoms with E-state index in [-0.39, 0.29) is 17.7 Å². The Morgan fingerprint density at radius 3 is 2.50 bits per heavy atom. The van der Waals surface area contributed by atoms with Gasteiger partial charge in [0.05, 0.1) is 25.3 Å². The van der Waals surface area contributed by atoms with Crippen molar-refractivity contribution < 1.29 is 14.4 Å². The van der Waals surface area contributed by atoms with Crippen molar-refractivity contribution in [1.29, 1.82) is 0 Å². The first kappa shape index (κ1) is 16.2. The lowest BCUT2D eigenvalue weighted by molar-refractivity contribution is -0.910. The molecule has 118 valence electrons. The maximum atomic E-state index is 12.8. The van der Waals surface area contributed by atoms with E-state index in [4.69, 9.17) is 4.74 Å². The highest BCUT2D eigenvalue weighted by atomic mass is 16.5. The molecule has 0 amide bonds. The molecule has 0 fully saturated rings. The summed E-state index contributed by atoms with van der Waals surface area (Å²) in [4.78, 5) is 29.3. The summed E-state index contributed by atoms with van der Waals surface area (Å²) in [7, 11) is 0. The van der Waals surface area contributed by atoms with Crippen LogP contribution in [0.3, 0.4) is 0 Å². The summed E-state index contributed by atoms with van der Waals surface area (Å²) in [5.41, 5.74) is 1.37. The van der Waals surface area contributed by atoms with Gasteiger partial charge in [-0.1, -0.05) is 12.1 Å². The molecule has 2 N–H and O–H groups in total. The van der Waals surface area contributed by atoms with Gasteiger partial charge in [0.2, 0.25) is 0 Å². The number of rotatable bonds is 6. The minimum absolute atomic E-state index is 0.0863. The van der Waals surface area contributed by atoms with Crippen LogP contribution < -0.4 is 10.3 Å². The van der Waals surface area contributed by atoms with Crippen LogP contribution in [0.2, 0.25) is 0 Å². The zero-order valence-corrected chi connectivity index (χ0v) is 13.4. The van der Waals surface area contributed by atoms with Gasteiger partial charge in [-0.3, -0.25) is 4.79 Å². The van der Waals surface area contributed by atoms with Crippen LogP contribution in [0.1, 0.15) is 36.8 Å². The summed E-state index contributed by atoms with van der Waals surface area (Å²) in [6.07, 6.45) is 0. The predicted octanol–water partition coefficient (Wildman–Crippen LogP) is 1.13. The molecule has 0 aliphatic carbocycles. The summed E-state index contributed by atoms with van der Waals surface area (Å²) in [5, 5.41) is 0.608. The largest absolute Gasteiger partial charge is 0.461 e. The molecule has 2 rings (SSSR count). The summed E-state index contributed by atoms with van der Waals surface area (Å²) < 4.78 is 5.10. The summed E-state index contributed by atoms with van der Waals surface area (Å²) >= 11 is 0. The van der Waals surface area contributed by atoms with Gasteiger partial charge in [-0.25, -0.2) is 4.79 Å². The van der Waals surface area contributed by atoms with Crippen molar-refractivity contribution in [3.63, 3.8) is 0 Å². The molecule has 0 radical (unpaired) electrons. The van der Waals surface area contributed by atoms with E-state index in [0.717, 1.165) is 13.1 Å². The lowest BCUT2D eigenvalue weighted by Crippen LogP contribution is -3.10. The number of hydrogen-bond acceptors (Lipinski definition) is 3. The highest BCUT2D eigenvalue weighted by Gasteiger charge is 2.21. The van der Waals surface area contributed by atoms with Crippen LogP contribution in [0.4, 0.5) is 0 Å². The van der Waals surface area contributed by atoms with Gasteiger partial charge in [0.1, 0.15) is 12.2 Å². The number of quaternary nitrogens is 1. The number of hydrogen-bond donors (Lipinski definition) is 2. The molecule has 1 heterocycles. The van der Waals surface area contributed by atoms with Gasteiger partial charge in [-0.05, 0) is 32.9 Å². The Hall–Kier alpha value is -2.14. The summed E-state index contributed by atoms with van der Waals surface area (Å²) in [5.74, 6) is -0.466. The Morgan fingerprint density at radius 1 is 1.18 bits per heavy atom. The van der Waals surface area contributed by atoms with Crippen molar-refractivity contribution >= 4 is 16.9 Å². The van der Waals surface area contributed by atoms with Crippen LogP contribution in [0, 0.1) is 0 Å². The normalized spacial score (nSPS) is 11.1. The number of esters is 1. The Bertz CT molecular complexity index is 717. The van der Waals surface area contributed by atoms with E-state index < -0.39 is 5.97 Å². The van der Waals surface area contributed by atoms with Crippen LogP contribution in [-0.4, -0.2) is 30.6 Å². The summed E-state index contributed by atoms with van der Waals surface area (Å²) in [6.45, 7) is 8.48. The molecule has 0 unspecified atom stereocenters. The Kier molecular flexibility index (Phi) is 5.33. The van der Waals surface area contributed by atoms with Crippen molar-refractivity contribution in [2.45, 2.75) is 27.3 Å². The number of benzene rings is 1. The number of fused-ring (bicyclic) bond motifs is 1. The zero-order valence-electron chi connectivity index (χ0n) is 13.4. The Labute approximate surface area is 129 Å². The molecule has 0 spiro atoms. The molecular weight excluding hydrogens is 280 g/mol. The lowest BCUT2D eigenvalue weighted by Gasteiger charge is -2.17. The fourth-order valence-corrected chi connectivity index (χ4v) is 2.57. The molecule has 5 heteroatoms. The molecule has 0 saturated carbocycles. The molecule has 0 aliphatic rings. The van der Waals surface area contributed by atoms with Crippen molar-refractivity contribution in [3.05, 3.63) is 45.7 Å². The monoisotopic (exact) mass is 303 g/mol. The third-order valence-electron chi connectivity index (χ3n) is 3.91. The molecule has 0 aliphatic heterocycles. The minimum atomic E-state index is -0.466. The predicted molar refractivity (Wildman–Crippen MR) is 86.3 cm³/mol. The Morgan fingerprint density at radius 2 is 1.86 bits per heavy atom. The first-order chi connectivity index (χ1) is 10.6. The smallest absolute Gasteiger partial charge is 0.355 e. The van der Waals surface area contributed by atoms with Crippen molar-refractivity contribution in [3.8, 4) is 0 Å². The molecule has 2 aromatic rings. The number of pyridine rings is 1. The van der Waals surface area contributed by atoms with Crippen LogP contribution in [0.25, 0.3) is 10.9 Å². The summed E-state index contributed by atoms with van der Waals surface area (Å²) in [6, 6.07) is 7.25. The number of carbonyl (C=O) groups is 1. The SMILES string of the molecule is CCOC(=O)c1[nH]c2ccccc2c(=O)c1C[NH+](CC)CC. The molecule has 5 nitrogen and oxygen atoms in total. The second-order valence-corrected chi connectivity index (χ2v) is 5.21. The van der Waals surface area contributed by atoms with Crippen molar-refractivity contribution in [1.82, 2.24) is 4.98 Å². The van der Waals surface area contributed by atoms with E-state index in [1.54, 1.807) is 19.1 Å². The second kappa shape index (κ2) is 7.22. The molecule has 0 saturated heterocycles. The van der Waals surface area contributed by atoms with Gasteiger partial charge >= 0.3 is 5.97 Å². The van der Waals surface area contributed by atoms with Crippen LogP contribution in [0.15, 0.2) is 29.1 Å². The number of para-hydroxylation sites is 1. The van der Waals surface area contributed by atoms with E-state index in [1.165, 1.54) is 4.90 Å². The van der Waals surface area contributed by atoms with E-state index in [9.17, 15) is 9.59 Å². The van der Waals surface area contributed by atoms with E-state index >= 15 is 0 Å². The quantitative estimate of drug-likeness (QED) is 0.786. The molecule has 0 bridgehead atoms. The van der Waals surface area contributed by atoms with Crippen molar-refractivity contribution in [2.75, 3.05) is 19.7 Å². The number of carbonyl (C=O) groups excluding carboxylic acids is 1. The average Bonchev–Trinajstić information content (AvgIpc) is 2.54. The molecule has 22 heavy (non-hydrogen) atoms. The standard InChI is InChI=1S/C17H22N2O3/c1-4-19(5-2)11-13-15(17(21)22-6-3)18-14-10-8-7-9-12(14)16(13)20/h7-10H,4-6,11H2,1-3H3,(H,18,20)/p+1. The zero-order chi connectivity index (χ0) is 16.1. The molecule has 1 aromatic heterocycles. The first-order valence-corrected chi connectivity index (χ1v) is 7.76. The van der Waals surface area contributed by atoms with Gasteiger partial charge in [0, 0.05) is 10.9 Å². The molecule has 1 aromatic carbocycles. The van der Waals surface area contributed by atoms with Crippen LogP contribution in [0.5, 0.6) is 0 Å². The van der Waals surface area contributed by atoms with Crippen LogP contribution >= 0.6 is 0 Å². The highest BCUT2D eigenvalue weighted by Crippen LogP contribution is 2.12. The van der Waals surface area contributed by atoms with E-state index in [2.05, 4.69) is 18.8 Å². The number of aromatic amines is 1. The van der Waals surface area contributed by atoms with Gasteiger partial charge in [0.25, 0.3) is 0 Å². The Balaban J connectivity index is 2.63. The second-order valence-electron chi connectivity index (χ2n) is 5.21. The maximum Gasteiger partial charge on any atom is 0.355 e. The molecule has 0 atom stereocenters. The maximum absolute atomic E-state index is 12.8. The lowest BCUT2D eigenvalue weighted by atomic mass is 10.1. The number of nitrogens with one attached hydrogen (secondary N) is 2.